The Kier molecular flexibility index (Phi) is 6.10. The van der Waals surface area contributed by atoms with Gasteiger partial charge in [0.1, 0.15) is 12.0 Å². The topological polar surface area (TPSA) is 61.0 Å². The predicted octanol–water partition coefficient (Wildman–Crippen LogP) is 4.40. The van der Waals surface area contributed by atoms with Crippen molar-refractivity contribution in [3.63, 3.8) is 0 Å². The van der Waals surface area contributed by atoms with Gasteiger partial charge in [0.2, 0.25) is 0 Å². The Morgan fingerprint density at radius 3 is 2.77 bits per heavy atom. The van der Waals surface area contributed by atoms with Crippen LogP contribution in [0.25, 0.3) is 0 Å². The summed E-state index contributed by atoms with van der Waals surface area (Å²) in [4.78, 5) is 16.5. The van der Waals surface area contributed by atoms with Gasteiger partial charge in [-0.25, -0.2) is 0 Å². The molecule has 0 radical (unpaired) electrons. The SMILES string of the molecule is COc1ccc(C2=NC(CC(C=O)c3ccco3)CCCC2)cc1OC. The second kappa shape index (κ2) is 8.70. The first-order valence-electron chi connectivity index (χ1n) is 9.03. The Hall–Kier alpha value is -2.56. The lowest BCUT2D eigenvalue weighted by molar-refractivity contribution is -0.109. The minimum absolute atomic E-state index is 0.112. The van der Waals surface area contributed by atoms with Crippen molar-refractivity contribution in [3.05, 3.63) is 47.9 Å². The largest absolute Gasteiger partial charge is 0.493 e. The van der Waals surface area contributed by atoms with Crippen LogP contribution in [0.2, 0.25) is 0 Å². The molecule has 0 bridgehead atoms. The molecule has 138 valence electrons. The fourth-order valence-corrected chi connectivity index (χ4v) is 3.46. The molecule has 1 aliphatic rings. The zero-order chi connectivity index (χ0) is 18.4. The van der Waals surface area contributed by atoms with Crippen LogP contribution < -0.4 is 9.47 Å². The normalized spacial score (nSPS) is 18.5. The molecule has 5 nitrogen and oxygen atoms in total. The van der Waals surface area contributed by atoms with E-state index in [1.165, 1.54) is 0 Å². The number of nitrogens with zero attached hydrogens (tertiary/aromatic N) is 1. The Labute approximate surface area is 154 Å². The molecule has 5 heteroatoms. The molecule has 1 aromatic heterocycles. The number of benzene rings is 1. The molecule has 0 fully saturated rings. The first-order chi connectivity index (χ1) is 12.7. The maximum absolute atomic E-state index is 11.5. The van der Waals surface area contributed by atoms with E-state index in [9.17, 15) is 4.79 Å². The maximum atomic E-state index is 11.5. The maximum Gasteiger partial charge on any atom is 0.161 e. The molecule has 2 heterocycles. The van der Waals surface area contributed by atoms with Crippen molar-refractivity contribution < 1.29 is 18.7 Å². The summed E-state index contributed by atoms with van der Waals surface area (Å²) in [6.45, 7) is 0. The van der Waals surface area contributed by atoms with Gasteiger partial charge >= 0.3 is 0 Å². The Morgan fingerprint density at radius 1 is 1.23 bits per heavy atom. The number of aliphatic imine (C=N–C) groups is 1. The highest BCUT2D eigenvalue weighted by Crippen LogP contribution is 2.31. The third-order valence-electron chi connectivity index (χ3n) is 4.86. The minimum Gasteiger partial charge on any atom is -0.493 e. The van der Waals surface area contributed by atoms with E-state index in [1.54, 1.807) is 20.5 Å². The van der Waals surface area contributed by atoms with Crippen LogP contribution in [0.5, 0.6) is 11.5 Å². The van der Waals surface area contributed by atoms with E-state index in [0.717, 1.165) is 43.2 Å². The molecular formula is C21H25NO4. The first-order valence-corrected chi connectivity index (χ1v) is 9.03. The predicted molar refractivity (Wildman–Crippen MR) is 100 cm³/mol. The molecule has 2 aromatic rings. The van der Waals surface area contributed by atoms with Gasteiger partial charge in [0, 0.05) is 5.71 Å². The Balaban J connectivity index is 1.83. The van der Waals surface area contributed by atoms with Crippen molar-refractivity contribution in [2.24, 2.45) is 4.99 Å². The van der Waals surface area contributed by atoms with Gasteiger partial charge in [0.15, 0.2) is 11.5 Å². The average Bonchev–Trinajstić information content (AvgIpc) is 3.11. The summed E-state index contributed by atoms with van der Waals surface area (Å²) < 4.78 is 16.2. The van der Waals surface area contributed by atoms with Crippen molar-refractivity contribution in [3.8, 4) is 11.5 Å². The van der Waals surface area contributed by atoms with Gasteiger partial charge in [0.25, 0.3) is 0 Å². The third kappa shape index (κ3) is 4.15. The molecule has 3 rings (SSSR count). The molecule has 0 aliphatic carbocycles. The molecule has 0 spiro atoms. The molecule has 2 unspecified atom stereocenters. The lowest BCUT2D eigenvalue weighted by Crippen LogP contribution is -2.13. The summed E-state index contributed by atoms with van der Waals surface area (Å²) in [6.07, 6.45) is 7.37. The second-order valence-corrected chi connectivity index (χ2v) is 6.54. The van der Waals surface area contributed by atoms with E-state index in [-0.39, 0.29) is 12.0 Å². The van der Waals surface area contributed by atoms with Crippen molar-refractivity contribution >= 4 is 12.0 Å². The number of aldehydes is 1. The first kappa shape index (κ1) is 18.2. The smallest absolute Gasteiger partial charge is 0.161 e. The molecule has 0 N–H and O–H groups in total. The Morgan fingerprint density at radius 2 is 2.08 bits per heavy atom. The zero-order valence-corrected chi connectivity index (χ0v) is 15.3. The summed E-state index contributed by atoms with van der Waals surface area (Å²) in [7, 11) is 3.27. The molecule has 0 saturated heterocycles. The molecule has 26 heavy (non-hydrogen) atoms. The molecule has 0 saturated carbocycles. The van der Waals surface area contributed by atoms with Gasteiger partial charge in [-0.15, -0.1) is 0 Å². The summed E-state index contributed by atoms with van der Waals surface area (Å²) >= 11 is 0. The van der Waals surface area contributed by atoms with Gasteiger partial charge in [-0.05, 0) is 61.6 Å². The van der Waals surface area contributed by atoms with Gasteiger partial charge in [-0.2, -0.15) is 0 Å². The van der Waals surface area contributed by atoms with E-state index in [0.29, 0.717) is 23.7 Å². The van der Waals surface area contributed by atoms with Crippen LogP contribution in [-0.2, 0) is 4.79 Å². The van der Waals surface area contributed by atoms with Gasteiger partial charge in [-0.3, -0.25) is 4.99 Å². The molecule has 0 amide bonds. The fraction of sp³-hybridized carbons (Fsp3) is 0.429. The van der Waals surface area contributed by atoms with Crippen molar-refractivity contribution in [1.82, 2.24) is 0 Å². The summed E-state index contributed by atoms with van der Waals surface area (Å²) in [6, 6.07) is 9.69. The highest BCUT2D eigenvalue weighted by molar-refractivity contribution is 6.01. The number of hydrogen-bond acceptors (Lipinski definition) is 5. The fourth-order valence-electron chi connectivity index (χ4n) is 3.46. The molecule has 1 aliphatic heterocycles. The monoisotopic (exact) mass is 355 g/mol. The summed E-state index contributed by atoms with van der Waals surface area (Å²) in [5, 5.41) is 0. The van der Waals surface area contributed by atoms with E-state index in [1.807, 2.05) is 30.3 Å². The lowest BCUT2D eigenvalue weighted by atomic mass is 9.96. The van der Waals surface area contributed by atoms with Crippen LogP contribution in [0.1, 0.15) is 49.3 Å². The van der Waals surface area contributed by atoms with E-state index < -0.39 is 0 Å². The van der Waals surface area contributed by atoms with Crippen LogP contribution in [0.15, 0.2) is 46.0 Å². The summed E-state index contributed by atoms with van der Waals surface area (Å²) in [5.74, 6) is 1.88. The lowest BCUT2D eigenvalue weighted by Gasteiger charge is -2.16. The van der Waals surface area contributed by atoms with Gasteiger partial charge in [-0.1, -0.05) is 6.42 Å². The zero-order valence-electron chi connectivity index (χ0n) is 15.3. The van der Waals surface area contributed by atoms with E-state index in [4.69, 9.17) is 18.9 Å². The summed E-state index contributed by atoms with van der Waals surface area (Å²) in [5.41, 5.74) is 2.12. The highest BCUT2D eigenvalue weighted by atomic mass is 16.5. The second-order valence-electron chi connectivity index (χ2n) is 6.54. The average molecular weight is 355 g/mol. The van der Waals surface area contributed by atoms with Crippen molar-refractivity contribution in [2.75, 3.05) is 14.2 Å². The number of methoxy groups -OCH3 is 2. The quantitative estimate of drug-likeness (QED) is 0.691. The number of furan rings is 1. The molecular weight excluding hydrogens is 330 g/mol. The van der Waals surface area contributed by atoms with Crippen LogP contribution in [0.4, 0.5) is 0 Å². The number of carbonyl (C=O) groups is 1. The van der Waals surface area contributed by atoms with Crippen LogP contribution in [0.3, 0.4) is 0 Å². The number of ether oxygens (including phenoxy) is 2. The van der Waals surface area contributed by atoms with Crippen LogP contribution in [-0.4, -0.2) is 32.3 Å². The minimum atomic E-state index is -0.247. The van der Waals surface area contributed by atoms with E-state index in [2.05, 4.69) is 0 Å². The molecule has 1 aromatic carbocycles. The number of rotatable bonds is 7. The van der Waals surface area contributed by atoms with Crippen molar-refractivity contribution in [1.29, 1.82) is 0 Å². The standard InChI is InChI=1S/C21H25NO4/c1-24-20-10-9-15(13-21(20)25-2)18-7-4-3-6-17(22-18)12-16(14-23)19-8-5-11-26-19/h5,8-11,13-14,16-17H,3-4,6-7,12H2,1-2H3. The third-order valence-corrected chi connectivity index (χ3v) is 4.86. The van der Waals surface area contributed by atoms with Crippen molar-refractivity contribution in [2.45, 2.75) is 44.1 Å². The number of carbonyl (C=O) groups excluding carboxylic acids is 1. The van der Waals surface area contributed by atoms with Gasteiger partial charge in [0.05, 0.1) is 32.4 Å². The van der Waals surface area contributed by atoms with Crippen LogP contribution in [0, 0.1) is 0 Å². The number of hydrogen-bond donors (Lipinski definition) is 0. The molecule has 2 atom stereocenters. The highest BCUT2D eigenvalue weighted by Gasteiger charge is 2.22. The van der Waals surface area contributed by atoms with Gasteiger partial charge < -0.3 is 18.7 Å². The Bertz CT molecular complexity index is 751. The van der Waals surface area contributed by atoms with E-state index >= 15 is 0 Å². The van der Waals surface area contributed by atoms with Crippen LogP contribution >= 0.6 is 0 Å².